The average Bonchev–Trinajstić information content (AvgIpc) is 3.66. The molecule has 2 amide bonds. The van der Waals surface area contributed by atoms with Gasteiger partial charge in [0.15, 0.2) is 5.13 Å². The van der Waals surface area contributed by atoms with Gasteiger partial charge in [0.05, 0.1) is 17.8 Å². The first-order valence-electron chi connectivity index (χ1n) is 12.5. The van der Waals surface area contributed by atoms with Crippen LogP contribution in [0.15, 0.2) is 72.4 Å². The Morgan fingerprint density at radius 1 is 1.13 bits per heavy atom. The molecular formula is C29H26FN5O2S. The number of aromatic nitrogens is 2. The molecule has 1 fully saturated rings. The van der Waals surface area contributed by atoms with Crippen LogP contribution in [0.1, 0.15) is 45.6 Å². The predicted molar refractivity (Wildman–Crippen MR) is 144 cm³/mol. The lowest BCUT2D eigenvalue weighted by atomic mass is 9.95. The fourth-order valence-electron chi connectivity index (χ4n) is 5.32. The molecule has 0 bridgehead atoms. The number of nitrogens with zero attached hydrogens (tertiary/aromatic N) is 4. The molecule has 0 aliphatic carbocycles. The van der Waals surface area contributed by atoms with Crippen LogP contribution in [0.5, 0.6) is 0 Å². The summed E-state index contributed by atoms with van der Waals surface area (Å²) in [5.41, 5.74) is 4.56. The quantitative estimate of drug-likeness (QED) is 0.378. The van der Waals surface area contributed by atoms with Crippen molar-refractivity contribution in [2.45, 2.75) is 24.9 Å². The average molecular weight is 528 g/mol. The number of likely N-dealkylation sites (tertiary alicyclic amines) is 1. The number of likely N-dealkylation sites (N-methyl/N-ethyl adjacent to an activating group) is 1. The summed E-state index contributed by atoms with van der Waals surface area (Å²) in [6.07, 6.45) is 4.50. The van der Waals surface area contributed by atoms with E-state index in [0.717, 1.165) is 30.6 Å². The van der Waals surface area contributed by atoms with Crippen molar-refractivity contribution < 1.29 is 14.0 Å². The van der Waals surface area contributed by atoms with E-state index in [1.807, 2.05) is 6.07 Å². The second-order valence-electron chi connectivity index (χ2n) is 9.81. The molecule has 2 atom stereocenters. The van der Waals surface area contributed by atoms with Crippen molar-refractivity contribution in [3.8, 4) is 11.1 Å². The van der Waals surface area contributed by atoms with Crippen molar-refractivity contribution in [2.75, 3.05) is 25.5 Å². The summed E-state index contributed by atoms with van der Waals surface area (Å²) in [7, 11) is 2.15. The first-order chi connectivity index (χ1) is 18.5. The number of amides is 2. The van der Waals surface area contributed by atoms with E-state index in [2.05, 4.69) is 51.5 Å². The molecule has 0 spiro atoms. The zero-order valence-electron chi connectivity index (χ0n) is 20.8. The van der Waals surface area contributed by atoms with E-state index < -0.39 is 17.8 Å². The summed E-state index contributed by atoms with van der Waals surface area (Å²) < 4.78 is 14.1. The van der Waals surface area contributed by atoms with E-state index in [4.69, 9.17) is 0 Å². The van der Waals surface area contributed by atoms with Crippen molar-refractivity contribution in [1.82, 2.24) is 19.8 Å². The van der Waals surface area contributed by atoms with Gasteiger partial charge in [-0.3, -0.25) is 19.9 Å². The van der Waals surface area contributed by atoms with Crippen LogP contribution in [0.2, 0.25) is 0 Å². The van der Waals surface area contributed by atoms with Gasteiger partial charge in [0.25, 0.3) is 11.8 Å². The van der Waals surface area contributed by atoms with Gasteiger partial charge in [-0.25, -0.2) is 9.37 Å². The number of pyridine rings is 1. The van der Waals surface area contributed by atoms with Gasteiger partial charge in [-0.2, -0.15) is 0 Å². The summed E-state index contributed by atoms with van der Waals surface area (Å²) >= 11 is 1.27. The van der Waals surface area contributed by atoms with E-state index in [-0.39, 0.29) is 12.5 Å². The first kappa shape index (κ1) is 24.4. The van der Waals surface area contributed by atoms with E-state index in [1.54, 1.807) is 23.8 Å². The van der Waals surface area contributed by atoms with Gasteiger partial charge in [0, 0.05) is 29.9 Å². The molecule has 0 radical (unpaired) electrons. The van der Waals surface area contributed by atoms with E-state index in [9.17, 15) is 14.0 Å². The maximum absolute atomic E-state index is 14.1. The highest BCUT2D eigenvalue weighted by molar-refractivity contribution is 7.13. The van der Waals surface area contributed by atoms with Crippen molar-refractivity contribution in [3.63, 3.8) is 0 Å². The molecule has 1 N–H and O–H groups in total. The number of carbonyl (C=O) groups excluding carboxylic acids is 2. The third kappa shape index (κ3) is 4.70. The van der Waals surface area contributed by atoms with Crippen molar-refractivity contribution >= 4 is 28.3 Å². The van der Waals surface area contributed by atoms with Crippen LogP contribution in [0.25, 0.3) is 11.1 Å². The third-order valence-corrected chi connectivity index (χ3v) is 7.96. The lowest BCUT2D eigenvalue weighted by Gasteiger charge is -2.26. The van der Waals surface area contributed by atoms with Crippen molar-refractivity contribution in [1.29, 1.82) is 0 Å². The molecule has 6 rings (SSSR count). The molecule has 1 saturated heterocycles. The number of benzene rings is 2. The van der Waals surface area contributed by atoms with Crippen LogP contribution in [0.3, 0.4) is 0 Å². The van der Waals surface area contributed by atoms with Gasteiger partial charge in [-0.1, -0.05) is 36.4 Å². The van der Waals surface area contributed by atoms with Crippen LogP contribution in [-0.4, -0.2) is 51.7 Å². The Morgan fingerprint density at radius 3 is 2.68 bits per heavy atom. The van der Waals surface area contributed by atoms with Crippen LogP contribution >= 0.6 is 11.3 Å². The maximum atomic E-state index is 14.1. The molecule has 9 heteroatoms. The molecule has 38 heavy (non-hydrogen) atoms. The minimum Gasteiger partial charge on any atom is -0.316 e. The van der Waals surface area contributed by atoms with E-state index >= 15 is 0 Å². The SMILES string of the molecule is CN1CCC(c2ccc(-c3cnc4c(c3)C(=O)N(C(C(=O)Nc3nccs3)c3cccc(F)c3)C4)cc2)C1. The summed E-state index contributed by atoms with van der Waals surface area (Å²) in [4.78, 5) is 39.5. The Hall–Kier alpha value is -3.95. The highest BCUT2D eigenvalue weighted by atomic mass is 32.1. The Kier molecular flexibility index (Phi) is 6.47. The summed E-state index contributed by atoms with van der Waals surface area (Å²) in [6, 6.07) is 15.0. The molecule has 7 nitrogen and oxygen atoms in total. The Balaban J connectivity index is 1.28. The number of nitrogens with one attached hydrogen (secondary N) is 1. The summed E-state index contributed by atoms with van der Waals surface area (Å²) in [6.45, 7) is 2.32. The van der Waals surface area contributed by atoms with Gasteiger partial charge >= 0.3 is 0 Å². The molecule has 2 unspecified atom stereocenters. The summed E-state index contributed by atoms with van der Waals surface area (Å²) in [5, 5.41) is 4.92. The first-order valence-corrected chi connectivity index (χ1v) is 13.4. The molecule has 2 aliphatic heterocycles. The minimum atomic E-state index is -1.04. The van der Waals surface area contributed by atoms with Crippen LogP contribution in [0.4, 0.5) is 9.52 Å². The van der Waals surface area contributed by atoms with Crippen LogP contribution < -0.4 is 5.32 Å². The molecule has 2 aliphatic rings. The molecule has 2 aromatic heterocycles. The van der Waals surface area contributed by atoms with Gasteiger partial charge in [0.1, 0.15) is 11.9 Å². The van der Waals surface area contributed by atoms with Crippen molar-refractivity contribution in [3.05, 3.63) is 101 Å². The number of rotatable bonds is 6. The number of carbonyl (C=O) groups is 2. The predicted octanol–water partition coefficient (Wildman–Crippen LogP) is 5.10. The number of thiazole rings is 1. The standard InChI is InChI=1S/C29H26FN5O2S/c1-34-11-9-21(16-34)18-5-7-19(8-6-18)22-14-24-25(32-15-22)17-35(28(24)37)26(20-3-2-4-23(30)13-20)27(36)33-29-31-10-12-38-29/h2-8,10,12-15,21,26H,9,11,16-17H2,1H3,(H,31,33,36). The highest BCUT2D eigenvalue weighted by Gasteiger charge is 2.39. The zero-order chi connectivity index (χ0) is 26.2. The number of halogens is 1. The normalized spacial score (nSPS) is 18.0. The van der Waals surface area contributed by atoms with Gasteiger partial charge in [0.2, 0.25) is 0 Å². The number of anilines is 1. The molecule has 192 valence electrons. The van der Waals surface area contributed by atoms with Gasteiger partial charge in [-0.05, 0) is 60.8 Å². The molecule has 4 heterocycles. The largest absolute Gasteiger partial charge is 0.316 e. The minimum absolute atomic E-state index is 0.148. The van der Waals surface area contributed by atoms with E-state index in [0.29, 0.717) is 27.9 Å². The Labute approximate surface area is 224 Å². The Bertz CT molecular complexity index is 1490. The topological polar surface area (TPSA) is 78.4 Å². The lowest BCUT2D eigenvalue weighted by Crippen LogP contribution is -2.37. The van der Waals surface area contributed by atoms with Gasteiger partial charge in [-0.15, -0.1) is 11.3 Å². The van der Waals surface area contributed by atoms with Crippen LogP contribution in [0, 0.1) is 5.82 Å². The lowest BCUT2D eigenvalue weighted by molar-refractivity contribution is -0.120. The molecule has 0 saturated carbocycles. The second-order valence-corrected chi connectivity index (χ2v) is 10.7. The maximum Gasteiger partial charge on any atom is 0.257 e. The smallest absolute Gasteiger partial charge is 0.257 e. The number of fused-ring (bicyclic) bond motifs is 1. The number of hydrogen-bond acceptors (Lipinski definition) is 6. The van der Waals surface area contributed by atoms with Crippen LogP contribution in [-0.2, 0) is 11.3 Å². The Morgan fingerprint density at radius 2 is 1.97 bits per heavy atom. The molecular weight excluding hydrogens is 501 g/mol. The molecule has 4 aromatic rings. The van der Waals surface area contributed by atoms with Gasteiger partial charge < -0.3 is 9.80 Å². The fourth-order valence-corrected chi connectivity index (χ4v) is 5.85. The fraction of sp³-hybridized carbons (Fsp3) is 0.241. The molecule has 2 aromatic carbocycles. The highest BCUT2D eigenvalue weighted by Crippen LogP contribution is 2.35. The monoisotopic (exact) mass is 527 g/mol. The van der Waals surface area contributed by atoms with Crippen molar-refractivity contribution in [2.24, 2.45) is 0 Å². The summed E-state index contributed by atoms with van der Waals surface area (Å²) in [5.74, 6) is -0.715. The number of hydrogen-bond donors (Lipinski definition) is 1. The zero-order valence-corrected chi connectivity index (χ0v) is 21.6. The van der Waals surface area contributed by atoms with E-state index in [1.165, 1.54) is 40.0 Å². The third-order valence-electron chi connectivity index (χ3n) is 7.28. The second kappa shape index (κ2) is 10.1.